The average molecular weight is 643 g/mol. The third-order valence-corrected chi connectivity index (χ3v) is 12.5. The number of ether oxygens (including phenoxy) is 2. The molecule has 7 heteroatoms. The summed E-state index contributed by atoms with van der Waals surface area (Å²) < 4.78 is 11.7. The van der Waals surface area contributed by atoms with Gasteiger partial charge < -0.3 is 19.7 Å². The van der Waals surface area contributed by atoms with E-state index in [2.05, 4.69) is 20.8 Å². The van der Waals surface area contributed by atoms with Crippen LogP contribution in [0.15, 0.2) is 23.3 Å². The van der Waals surface area contributed by atoms with E-state index < -0.39 is 35.1 Å². The van der Waals surface area contributed by atoms with Gasteiger partial charge in [-0.25, -0.2) is 0 Å². The molecule has 0 aromatic heterocycles. The molecule has 0 radical (unpaired) electrons. The monoisotopic (exact) mass is 642 g/mol. The van der Waals surface area contributed by atoms with Crippen molar-refractivity contribution < 1.29 is 34.1 Å². The molecule has 0 amide bonds. The molecule has 0 saturated heterocycles. The molecule has 2 saturated carbocycles. The lowest BCUT2D eigenvalue weighted by atomic mass is 9.59. The quantitative estimate of drug-likeness (QED) is 0.102. The molecule has 2 fully saturated rings. The summed E-state index contributed by atoms with van der Waals surface area (Å²) in [5.74, 6) is -1.11. The highest BCUT2D eigenvalue weighted by Gasteiger charge is 2.76. The fourth-order valence-electron chi connectivity index (χ4n) is 9.08. The van der Waals surface area contributed by atoms with E-state index in [9.17, 15) is 24.6 Å². The number of carbonyl (C=O) groups excluding carboxylic acids is 3. The number of esters is 2. The van der Waals surface area contributed by atoms with E-state index in [1.807, 2.05) is 27.7 Å². The third-order valence-electron chi connectivity index (χ3n) is 12.5. The largest absolute Gasteiger partial charge is 0.461 e. The van der Waals surface area contributed by atoms with Crippen LogP contribution in [0.2, 0.25) is 0 Å². The Hall–Kier alpha value is -1.99. The Morgan fingerprint density at radius 3 is 2.22 bits per heavy atom. The highest BCUT2D eigenvalue weighted by atomic mass is 16.6. The highest BCUT2D eigenvalue weighted by Crippen LogP contribution is 2.71. The normalized spacial score (nSPS) is 34.9. The molecule has 2 bridgehead atoms. The second-order valence-electron chi connectivity index (χ2n) is 16.2. The molecule has 46 heavy (non-hydrogen) atoms. The zero-order chi connectivity index (χ0) is 34.0. The first-order valence-electron chi connectivity index (χ1n) is 18.3. The summed E-state index contributed by atoms with van der Waals surface area (Å²) in [6, 6.07) is 0. The van der Waals surface area contributed by atoms with Crippen molar-refractivity contribution in [3.8, 4) is 0 Å². The zero-order valence-corrected chi connectivity index (χ0v) is 29.9. The van der Waals surface area contributed by atoms with Gasteiger partial charge in [0.2, 0.25) is 0 Å². The minimum Gasteiger partial charge on any atom is -0.461 e. The molecule has 4 aliphatic rings. The Morgan fingerprint density at radius 2 is 1.61 bits per heavy atom. The Bertz CT molecular complexity index is 1180. The van der Waals surface area contributed by atoms with E-state index in [4.69, 9.17) is 9.47 Å². The van der Waals surface area contributed by atoms with Crippen molar-refractivity contribution in [2.24, 2.45) is 46.3 Å². The second-order valence-corrected chi connectivity index (χ2v) is 16.2. The van der Waals surface area contributed by atoms with Crippen LogP contribution in [0, 0.1) is 46.3 Å². The van der Waals surface area contributed by atoms with Crippen LogP contribution in [0.4, 0.5) is 0 Å². The van der Waals surface area contributed by atoms with Gasteiger partial charge in [0.15, 0.2) is 17.5 Å². The van der Waals surface area contributed by atoms with Gasteiger partial charge in [0.25, 0.3) is 0 Å². The summed E-state index contributed by atoms with van der Waals surface area (Å²) in [6.45, 7) is 16.2. The first kappa shape index (κ1) is 36.8. The summed E-state index contributed by atoms with van der Waals surface area (Å²) in [5.41, 5.74) is -2.72. The van der Waals surface area contributed by atoms with E-state index in [-0.39, 0.29) is 59.8 Å². The van der Waals surface area contributed by atoms with Crippen LogP contribution in [0.3, 0.4) is 0 Å². The maximum Gasteiger partial charge on any atom is 0.306 e. The second kappa shape index (κ2) is 14.6. The molecular formula is C39H62O7. The standard InChI is InChI=1S/C39H62O7/c1-9-10-11-12-13-14-15-16-17-18-31(40)45-23-28-21-29-33-30(37(33,7)8)20-27(6)38(35(29)43)22-26(5)36(39(38,44)34(28)42)46-32(41)19-25(4)24(2)3/h21-22,24-25,27,29-30,33-34,36,42,44H,9-20,23H2,1-8H3/t25?,27-,29-,30?,33?,34-,36+,38+,39+/m1/s1. The van der Waals surface area contributed by atoms with Gasteiger partial charge in [0.1, 0.15) is 12.7 Å². The Labute approximate surface area is 278 Å². The number of ketones is 1. The van der Waals surface area contributed by atoms with E-state index in [1.54, 1.807) is 19.1 Å². The van der Waals surface area contributed by atoms with Crippen molar-refractivity contribution in [1.29, 1.82) is 0 Å². The van der Waals surface area contributed by atoms with Gasteiger partial charge in [-0.15, -0.1) is 0 Å². The number of carbonyl (C=O) groups is 3. The molecular weight excluding hydrogens is 580 g/mol. The number of aliphatic hydroxyl groups is 2. The maximum absolute atomic E-state index is 14.8. The molecule has 0 heterocycles. The molecule has 4 rings (SSSR count). The molecule has 0 aromatic rings. The predicted octanol–water partition coefficient (Wildman–Crippen LogP) is 7.52. The van der Waals surface area contributed by atoms with Crippen LogP contribution >= 0.6 is 0 Å². The Balaban J connectivity index is 1.53. The number of fused-ring (bicyclic) bond motifs is 3. The first-order chi connectivity index (χ1) is 21.6. The first-order valence-corrected chi connectivity index (χ1v) is 18.3. The smallest absolute Gasteiger partial charge is 0.306 e. The van der Waals surface area contributed by atoms with Crippen molar-refractivity contribution in [1.82, 2.24) is 0 Å². The van der Waals surface area contributed by atoms with Crippen LogP contribution in [0.5, 0.6) is 0 Å². The van der Waals surface area contributed by atoms with Crippen LogP contribution in [0.25, 0.3) is 0 Å². The number of Topliss-reactive ketones (excluding diaryl/α,β-unsaturated/α-hetero) is 1. The van der Waals surface area contributed by atoms with Crippen molar-refractivity contribution >= 4 is 17.7 Å². The Kier molecular flexibility index (Phi) is 11.7. The number of unbranched alkanes of at least 4 members (excludes halogenated alkanes) is 8. The molecule has 0 aliphatic heterocycles. The maximum atomic E-state index is 14.8. The Morgan fingerprint density at radius 1 is 1.00 bits per heavy atom. The fraction of sp³-hybridized carbons (Fsp3) is 0.821. The zero-order valence-electron chi connectivity index (χ0n) is 29.9. The summed E-state index contributed by atoms with van der Waals surface area (Å²) in [4.78, 5) is 40.8. The minimum atomic E-state index is -2.12. The topological polar surface area (TPSA) is 110 Å². The van der Waals surface area contributed by atoms with Gasteiger partial charge in [-0.2, -0.15) is 0 Å². The van der Waals surface area contributed by atoms with Gasteiger partial charge in [-0.1, -0.05) is 112 Å². The van der Waals surface area contributed by atoms with E-state index in [1.165, 1.54) is 38.5 Å². The molecule has 0 aromatic carbocycles. The molecule has 260 valence electrons. The number of rotatable bonds is 16. The molecule has 4 aliphatic carbocycles. The highest BCUT2D eigenvalue weighted by molar-refractivity contribution is 5.95. The average Bonchev–Trinajstić information content (AvgIpc) is 3.48. The lowest BCUT2D eigenvalue weighted by Gasteiger charge is -2.48. The van der Waals surface area contributed by atoms with Crippen LogP contribution in [-0.4, -0.2) is 52.4 Å². The van der Waals surface area contributed by atoms with Gasteiger partial charge >= 0.3 is 11.9 Å². The van der Waals surface area contributed by atoms with Crippen LogP contribution in [-0.2, 0) is 23.9 Å². The van der Waals surface area contributed by atoms with Gasteiger partial charge in [0, 0.05) is 18.8 Å². The van der Waals surface area contributed by atoms with Gasteiger partial charge in [0.05, 0.1) is 5.41 Å². The third kappa shape index (κ3) is 6.79. The lowest BCUT2D eigenvalue weighted by molar-refractivity contribution is -0.204. The van der Waals surface area contributed by atoms with Crippen molar-refractivity contribution in [2.45, 2.75) is 150 Å². The molecule has 2 N–H and O–H groups in total. The molecule has 9 atom stereocenters. The summed E-state index contributed by atoms with van der Waals surface area (Å²) in [7, 11) is 0. The van der Waals surface area contributed by atoms with Crippen molar-refractivity contribution in [3.63, 3.8) is 0 Å². The predicted molar refractivity (Wildman–Crippen MR) is 180 cm³/mol. The van der Waals surface area contributed by atoms with E-state index in [0.29, 0.717) is 17.6 Å². The van der Waals surface area contributed by atoms with Crippen LogP contribution in [0.1, 0.15) is 132 Å². The van der Waals surface area contributed by atoms with Crippen molar-refractivity contribution in [2.75, 3.05) is 6.61 Å². The van der Waals surface area contributed by atoms with Crippen molar-refractivity contribution in [3.05, 3.63) is 23.3 Å². The number of hydrogen-bond acceptors (Lipinski definition) is 7. The summed E-state index contributed by atoms with van der Waals surface area (Å²) >= 11 is 0. The minimum absolute atomic E-state index is 0.0613. The summed E-state index contributed by atoms with van der Waals surface area (Å²) in [6.07, 6.45) is 12.3. The van der Waals surface area contributed by atoms with E-state index in [0.717, 1.165) is 25.7 Å². The summed E-state index contributed by atoms with van der Waals surface area (Å²) in [5, 5.41) is 25.0. The number of aliphatic hydroxyl groups excluding tert-OH is 1. The fourth-order valence-corrected chi connectivity index (χ4v) is 9.08. The number of allylic oxidation sites excluding steroid dienone is 1. The molecule has 3 unspecified atom stereocenters. The molecule has 7 nitrogen and oxygen atoms in total. The lowest BCUT2D eigenvalue weighted by Crippen LogP contribution is -2.65. The van der Waals surface area contributed by atoms with Gasteiger partial charge in [-0.3, -0.25) is 14.4 Å². The number of hydrogen-bond donors (Lipinski definition) is 2. The van der Waals surface area contributed by atoms with E-state index >= 15 is 0 Å². The van der Waals surface area contributed by atoms with Crippen LogP contribution < -0.4 is 0 Å². The van der Waals surface area contributed by atoms with Gasteiger partial charge in [-0.05, 0) is 65.9 Å². The SMILES string of the molecule is CCCCCCCCCCCC(=O)OCC1=C[C@H]2C(=O)[C@]3(C=C(C)[C@H](OC(=O)CC(C)C(C)C)[C@@]3(O)[C@@H]1O)[C@H](C)CC1C2C1(C)C. The molecule has 1 spiro atoms.